The number of nitrogens with one attached hydrogen (secondary N) is 2. The number of ether oxygens (including phenoxy) is 1. The summed E-state index contributed by atoms with van der Waals surface area (Å²) < 4.78 is 18.7. The summed E-state index contributed by atoms with van der Waals surface area (Å²) in [5.41, 5.74) is 2.29. The van der Waals surface area contributed by atoms with Crippen LogP contribution in [0.15, 0.2) is 23.2 Å². The normalized spacial score (nSPS) is 21.9. The van der Waals surface area contributed by atoms with Gasteiger partial charge in [-0.05, 0) is 50.5 Å². The van der Waals surface area contributed by atoms with Gasteiger partial charge in [-0.15, -0.1) is 24.0 Å². The molecule has 1 aromatic carbocycles. The minimum absolute atomic E-state index is 0. The minimum atomic E-state index is -0.173. The highest BCUT2D eigenvalue weighted by atomic mass is 127. The van der Waals surface area contributed by atoms with Crippen LogP contribution in [0.5, 0.6) is 0 Å². The van der Waals surface area contributed by atoms with Crippen LogP contribution < -0.4 is 15.5 Å². The predicted octanol–water partition coefficient (Wildman–Crippen LogP) is 3.31. The van der Waals surface area contributed by atoms with E-state index in [4.69, 9.17) is 9.73 Å². The lowest BCUT2D eigenvalue weighted by atomic mass is 9.89. The summed E-state index contributed by atoms with van der Waals surface area (Å²) in [5.74, 6) is 0.705. The number of benzene rings is 1. The van der Waals surface area contributed by atoms with Crippen molar-refractivity contribution in [1.29, 1.82) is 0 Å². The molecule has 7 heteroatoms. The van der Waals surface area contributed by atoms with E-state index in [1.165, 1.54) is 0 Å². The summed E-state index contributed by atoms with van der Waals surface area (Å²) in [4.78, 5) is 7.12. The van der Waals surface area contributed by atoms with Crippen LogP contribution in [0.3, 0.4) is 0 Å². The average Bonchev–Trinajstić information content (AvgIpc) is 2.58. The van der Waals surface area contributed by atoms with E-state index >= 15 is 0 Å². The van der Waals surface area contributed by atoms with Crippen molar-refractivity contribution < 1.29 is 9.13 Å². The second kappa shape index (κ2) is 9.91. The SMILES string of the molecule is CCNC(=NCC1(C)COC1)NC1CCCN(c2ccc(F)cc2C)C1.I. The van der Waals surface area contributed by atoms with Gasteiger partial charge in [0.15, 0.2) is 5.96 Å². The van der Waals surface area contributed by atoms with Gasteiger partial charge in [0.05, 0.1) is 19.8 Å². The van der Waals surface area contributed by atoms with Crippen LogP contribution >= 0.6 is 24.0 Å². The number of aliphatic imine (C=N–C) groups is 1. The third-order valence-corrected chi connectivity index (χ3v) is 5.13. The Labute approximate surface area is 179 Å². The van der Waals surface area contributed by atoms with Gasteiger partial charge >= 0.3 is 0 Å². The number of nitrogens with zero attached hydrogens (tertiary/aromatic N) is 2. The Bertz CT molecular complexity index is 651. The molecular formula is C20H32FIN4O. The summed E-state index contributed by atoms with van der Waals surface area (Å²) in [5, 5.41) is 6.94. The van der Waals surface area contributed by atoms with Crippen molar-refractivity contribution in [3.63, 3.8) is 0 Å². The standard InChI is InChI=1S/C20H31FN4O.HI/c1-4-22-19(23-12-20(3)13-26-14-20)24-17-6-5-9-25(11-17)18-8-7-16(21)10-15(18)2;/h7-8,10,17H,4-6,9,11-14H2,1-3H3,(H2,22,23,24);1H. The van der Waals surface area contributed by atoms with Gasteiger partial charge in [0.1, 0.15) is 5.82 Å². The number of hydrogen-bond acceptors (Lipinski definition) is 3. The van der Waals surface area contributed by atoms with Gasteiger partial charge in [-0.3, -0.25) is 4.99 Å². The maximum absolute atomic E-state index is 13.4. The molecule has 0 aromatic heterocycles. The molecule has 3 rings (SSSR count). The second-order valence-electron chi connectivity index (χ2n) is 7.86. The first kappa shape index (κ1) is 22.2. The summed E-state index contributed by atoms with van der Waals surface area (Å²) in [6.07, 6.45) is 2.22. The fourth-order valence-electron chi connectivity index (χ4n) is 3.61. The maximum atomic E-state index is 13.4. The third kappa shape index (κ3) is 5.94. The van der Waals surface area contributed by atoms with Crippen LogP contribution in [0.4, 0.5) is 10.1 Å². The fourth-order valence-corrected chi connectivity index (χ4v) is 3.61. The monoisotopic (exact) mass is 490 g/mol. The lowest BCUT2D eigenvalue weighted by molar-refractivity contribution is -0.0945. The van der Waals surface area contributed by atoms with Gasteiger partial charge in [0, 0.05) is 36.8 Å². The van der Waals surface area contributed by atoms with E-state index in [0.29, 0.717) is 6.04 Å². The first-order valence-corrected chi connectivity index (χ1v) is 9.63. The largest absolute Gasteiger partial charge is 0.380 e. The highest BCUT2D eigenvalue weighted by Gasteiger charge is 2.33. The maximum Gasteiger partial charge on any atom is 0.191 e. The van der Waals surface area contributed by atoms with Crippen LogP contribution in [0.1, 0.15) is 32.3 Å². The molecule has 2 fully saturated rings. The molecule has 27 heavy (non-hydrogen) atoms. The van der Waals surface area contributed by atoms with Gasteiger partial charge in [0.2, 0.25) is 0 Å². The van der Waals surface area contributed by atoms with E-state index < -0.39 is 0 Å². The molecule has 5 nitrogen and oxygen atoms in total. The predicted molar refractivity (Wildman–Crippen MR) is 120 cm³/mol. The van der Waals surface area contributed by atoms with Crippen molar-refractivity contribution in [2.75, 3.05) is 44.3 Å². The van der Waals surface area contributed by atoms with Gasteiger partial charge in [0.25, 0.3) is 0 Å². The Morgan fingerprint density at radius 3 is 2.81 bits per heavy atom. The van der Waals surface area contributed by atoms with Crippen molar-refractivity contribution >= 4 is 35.6 Å². The molecule has 1 aromatic rings. The Morgan fingerprint density at radius 1 is 1.41 bits per heavy atom. The average molecular weight is 490 g/mol. The molecule has 0 aliphatic carbocycles. The van der Waals surface area contributed by atoms with Gasteiger partial charge < -0.3 is 20.3 Å². The summed E-state index contributed by atoms with van der Waals surface area (Å²) in [7, 11) is 0. The Kier molecular flexibility index (Phi) is 8.15. The highest BCUT2D eigenvalue weighted by Crippen LogP contribution is 2.27. The van der Waals surface area contributed by atoms with Gasteiger partial charge in [-0.2, -0.15) is 0 Å². The molecule has 152 valence electrons. The molecule has 2 heterocycles. The zero-order valence-corrected chi connectivity index (χ0v) is 18.9. The molecule has 1 atom stereocenters. The lowest BCUT2D eigenvalue weighted by Crippen LogP contribution is -2.52. The van der Waals surface area contributed by atoms with Crippen LogP contribution in [-0.2, 0) is 4.74 Å². The Hall–Kier alpha value is -1.09. The van der Waals surface area contributed by atoms with Crippen LogP contribution in [0.2, 0.25) is 0 Å². The van der Waals surface area contributed by atoms with E-state index in [0.717, 1.165) is 69.4 Å². The number of piperidine rings is 1. The smallest absolute Gasteiger partial charge is 0.191 e. The number of rotatable bonds is 5. The van der Waals surface area contributed by atoms with E-state index in [1.54, 1.807) is 12.1 Å². The first-order chi connectivity index (χ1) is 12.5. The van der Waals surface area contributed by atoms with Crippen molar-refractivity contribution in [2.45, 2.75) is 39.7 Å². The number of anilines is 1. The van der Waals surface area contributed by atoms with Crippen LogP contribution in [-0.4, -0.2) is 51.4 Å². The van der Waals surface area contributed by atoms with E-state index in [2.05, 4.69) is 29.4 Å². The van der Waals surface area contributed by atoms with Crippen molar-refractivity contribution in [2.24, 2.45) is 10.4 Å². The Balaban J connectivity index is 0.00000261. The van der Waals surface area contributed by atoms with Crippen molar-refractivity contribution in [1.82, 2.24) is 10.6 Å². The fraction of sp³-hybridized carbons (Fsp3) is 0.650. The van der Waals surface area contributed by atoms with Crippen LogP contribution in [0, 0.1) is 18.2 Å². The van der Waals surface area contributed by atoms with Crippen molar-refractivity contribution in [3.8, 4) is 0 Å². The van der Waals surface area contributed by atoms with E-state index in [9.17, 15) is 4.39 Å². The van der Waals surface area contributed by atoms with Crippen LogP contribution in [0.25, 0.3) is 0 Å². The molecule has 2 aliphatic heterocycles. The van der Waals surface area contributed by atoms with Gasteiger partial charge in [-0.1, -0.05) is 6.92 Å². The second-order valence-corrected chi connectivity index (χ2v) is 7.86. The molecule has 0 radical (unpaired) electrons. The van der Waals surface area contributed by atoms with E-state index in [1.807, 2.05) is 13.0 Å². The summed E-state index contributed by atoms with van der Waals surface area (Å²) in [6.45, 7) is 11.4. The molecule has 2 aliphatic rings. The molecule has 2 saturated heterocycles. The zero-order valence-electron chi connectivity index (χ0n) is 16.6. The topological polar surface area (TPSA) is 48.9 Å². The quantitative estimate of drug-likeness (QED) is 0.378. The number of hydrogen-bond donors (Lipinski definition) is 2. The van der Waals surface area contributed by atoms with Gasteiger partial charge in [-0.25, -0.2) is 4.39 Å². The summed E-state index contributed by atoms with van der Waals surface area (Å²) >= 11 is 0. The molecular weight excluding hydrogens is 458 g/mol. The van der Waals surface area contributed by atoms with E-state index in [-0.39, 0.29) is 35.2 Å². The summed E-state index contributed by atoms with van der Waals surface area (Å²) in [6, 6.07) is 5.38. The van der Waals surface area contributed by atoms with Crippen molar-refractivity contribution in [3.05, 3.63) is 29.6 Å². The minimum Gasteiger partial charge on any atom is -0.380 e. The number of halogens is 2. The first-order valence-electron chi connectivity index (χ1n) is 9.63. The molecule has 2 N–H and O–H groups in total. The third-order valence-electron chi connectivity index (χ3n) is 5.13. The molecule has 0 spiro atoms. The number of aryl methyl sites for hydroxylation is 1. The molecule has 0 saturated carbocycles. The molecule has 0 amide bonds. The highest BCUT2D eigenvalue weighted by molar-refractivity contribution is 14.0. The number of guanidine groups is 1. The molecule has 1 unspecified atom stereocenters. The lowest BCUT2D eigenvalue weighted by Gasteiger charge is -2.38. The zero-order chi connectivity index (χ0) is 18.6. The Morgan fingerprint density at radius 2 is 2.19 bits per heavy atom. The molecule has 0 bridgehead atoms.